The van der Waals surface area contributed by atoms with E-state index in [4.69, 9.17) is 19.6 Å². The van der Waals surface area contributed by atoms with E-state index in [0.717, 1.165) is 54.9 Å². The van der Waals surface area contributed by atoms with E-state index >= 15 is 0 Å². The van der Waals surface area contributed by atoms with Gasteiger partial charge in [-0.15, -0.1) is 0 Å². The molecule has 30 heavy (non-hydrogen) atoms. The third-order valence-electron chi connectivity index (χ3n) is 6.15. The second kappa shape index (κ2) is 8.22. The average molecular weight is 433 g/mol. The average Bonchev–Trinajstić information content (AvgIpc) is 2.87. The highest BCUT2D eigenvalue weighted by molar-refractivity contribution is 7.89. The van der Waals surface area contributed by atoms with E-state index in [9.17, 15) is 8.42 Å². The second-order valence-electron chi connectivity index (χ2n) is 8.15. The summed E-state index contributed by atoms with van der Waals surface area (Å²) in [4.78, 5) is 11.5. The molecule has 9 heteroatoms. The number of likely N-dealkylation sites (N-methyl/N-ethyl adjacent to an activating group) is 1. The Labute approximate surface area is 177 Å². The van der Waals surface area contributed by atoms with Crippen LogP contribution < -0.4 is 9.88 Å². The summed E-state index contributed by atoms with van der Waals surface area (Å²) in [5, 5.41) is 5.46. The monoisotopic (exact) mass is 432 g/mol. The Balaban J connectivity index is 1.80. The van der Waals surface area contributed by atoms with Crippen LogP contribution in [0.3, 0.4) is 0 Å². The van der Waals surface area contributed by atoms with Crippen LogP contribution in [0.5, 0.6) is 5.88 Å². The maximum atomic E-state index is 12.2. The minimum absolute atomic E-state index is 0.0352. The van der Waals surface area contributed by atoms with E-state index in [1.165, 1.54) is 12.7 Å². The van der Waals surface area contributed by atoms with Crippen molar-refractivity contribution in [1.29, 1.82) is 0 Å². The van der Waals surface area contributed by atoms with E-state index in [0.29, 0.717) is 6.42 Å². The summed E-state index contributed by atoms with van der Waals surface area (Å²) in [6, 6.07) is 1.60. The van der Waals surface area contributed by atoms with Crippen LogP contribution in [0.25, 0.3) is 5.57 Å². The first-order chi connectivity index (χ1) is 14.3. The highest BCUT2D eigenvalue weighted by Crippen LogP contribution is 2.44. The molecule has 4 rings (SSSR count). The summed E-state index contributed by atoms with van der Waals surface area (Å²) in [6.07, 6.45) is 7.52. The number of pyridine rings is 1. The molecule has 1 aromatic heterocycles. The van der Waals surface area contributed by atoms with Gasteiger partial charge in [0.05, 0.1) is 18.9 Å². The van der Waals surface area contributed by atoms with Crippen LogP contribution in [-0.2, 0) is 14.8 Å². The molecular weight excluding hydrogens is 404 g/mol. The van der Waals surface area contributed by atoms with Crippen molar-refractivity contribution in [3.8, 4) is 5.88 Å². The first kappa shape index (κ1) is 21.2. The molecule has 0 bridgehead atoms. The molecule has 0 unspecified atom stereocenters. The maximum Gasteiger partial charge on any atom is 0.243 e. The fourth-order valence-corrected chi connectivity index (χ4v) is 4.87. The number of nitrogens with zero attached hydrogens (tertiary/aromatic N) is 3. The van der Waals surface area contributed by atoms with Crippen molar-refractivity contribution < 1.29 is 17.9 Å². The van der Waals surface area contributed by atoms with E-state index in [1.54, 1.807) is 13.2 Å². The topological polar surface area (TPSA) is 107 Å². The van der Waals surface area contributed by atoms with Crippen molar-refractivity contribution in [2.45, 2.75) is 42.6 Å². The summed E-state index contributed by atoms with van der Waals surface area (Å²) in [7, 11) is 1.22. The maximum absolute atomic E-state index is 12.2. The van der Waals surface area contributed by atoms with Gasteiger partial charge < -0.3 is 14.4 Å². The summed E-state index contributed by atoms with van der Waals surface area (Å²) >= 11 is 0. The standard InChI is InChI=1S/C21H28N4O4S/c1-25-6-4-13-8-15(12-23-18(13)5-7-25)17-11-19(30(22,26)27)21(29-3)24-20(17)14-9-16(10-14)28-2/h4,11-12,14,16H,5-10H2,1-3H3,(H2,22,26,27). The van der Waals surface area contributed by atoms with Gasteiger partial charge >= 0.3 is 0 Å². The Morgan fingerprint density at radius 2 is 2.00 bits per heavy atom. The Morgan fingerprint density at radius 1 is 1.23 bits per heavy atom. The predicted octanol–water partition coefficient (Wildman–Crippen LogP) is 2.08. The minimum Gasteiger partial charge on any atom is -0.480 e. The molecule has 2 aliphatic heterocycles. The van der Waals surface area contributed by atoms with Crippen molar-refractivity contribution in [1.82, 2.24) is 9.88 Å². The van der Waals surface area contributed by atoms with Crippen molar-refractivity contribution in [3.05, 3.63) is 35.2 Å². The largest absolute Gasteiger partial charge is 0.480 e. The number of allylic oxidation sites excluding steroid dienone is 2. The fourth-order valence-electron chi connectivity index (χ4n) is 4.22. The second-order valence-corrected chi connectivity index (χ2v) is 9.68. The molecule has 0 aromatic carbocycles. The molecule has 1 aliphatic carbocycles. The highest BCUT2D eigenvalue weighted by Gasteiger charge is 2.35. The van der Waals surface area contributed by atoms with Gasteiger partial charge in [0.2, 0.25) is 15.9 Å². The molecule has 2 N–H and O–H groups in total. The van der Waals surface area contributed by atoms with Gasteiger partial charge in [0.1, 0.15) is 4.90 Å². The predicted molar refractivity (Wildman–Crippen MR) is 115 cm³/mol. The first-order valence-electron chi connectivity index (χ1n) is 10.1. The van der Waals surface area contributed by atoms with Crippen LogP contribution in [0.2, 0.25) is 0 Å². The number of hydrogen-bond donors (Lipinski definition) is 1. The van der Waals surface area contributed by atoms with Crippen LogP contribution in [0, 0.1) is 0 Å². The van der Waals surface area contributed by atoms with Gasteiger partial charge in [-0.2, -0.15) is 0 Å². The summed E-state index contributed by atoms with van der Waals surface area (Å²) < 4.78 is 35.1. The number of ether oxygens (including phenoxy) is 2. The zero-order chi connectivity index (χ0) is 21.5. The van der Waals surface area contributed by atoms with Crippen molar-refractivity contribution >= 4 is 21.3 Å². The lowest BCUT2D eigenvalue weighted by atomic mass is 9.77. The number of rotatable bonds is 5. The first-order valence-corrected chi connectivity index (χ1v) is 11.6. The number of primary sulfonamides is 1. The van der Waals surface area contributed by atoms with Crippen LogP contribution >= 0.6 is 0 Å². The molecule has 1 fully saturated rings. The quantitative estimate of drug-likeness (QED) is 0.763. The lowest BCUT2D eigenvalue weighted by Gasteiger charge is -2.35. The molecule has 0 atom stereocenters. The molecule has 3 aliphatic rings. The van der Waals surface area contributed by atoms with E-state index in [1.807, 2.05) is 6.20 Å². The number of hydrogen-bond acceptors (Lipinski definition) is 7. The molecule has 0 spiro atoms. The smallest absolute Gasteiger partial charge is 0.243 e. The highest BCUT2D eigenvalue weighted by atomic mass is 32.2. The zero-order valence-electron chi connectivity index (χ0n) is 17.6. The Kier molecular flexibility index (Phi) is 5.80. The van der Waals surface area contributed by atoms with Gasteiger partial charge in [-0.1, -0.05) is 6.08 Å². The Hall–Kier alpha value is -2.07. The van der Waals surface area contributed by atoms with Crippen LogP contribution in [0.15, 0.2) is 33.8 Å². The number of fused-ring (bicyclic) bond motifs is 1. The van der Waals surface area contributed by atoms with E-state index in [2.05, 4.69) is 23.0 Å². The number of nitrogens with two attached hydrogens (primary N) is 1. The molecule has 0 saturated heterocycles. The fraction of sp³-hybridized carbons (Fsp3) is 0.524. The van der Waals surface area contributed by atoms with Crippen molar-refractivity contribution in [2.24, 2.45) is 10.1 Å². The Morgan fingerprint density at radius 3 is 2.67 bits per heavy atom. The van der Waals surface area contributed by atoms with Gasteiger partial charge in [0.25, 0.3) is 0 Å². The van der Waals surface area contributed by atoms with Gasteiger partial charge in [-0.3, -0.25) is 4.99 Å². The number of aliphatic imine (C=N–C) groups is 1. The van der Waals surface area contributed by atoms with E-state index < -0.39 is 10.0 Å². The third-order valence-corrected chi connectivity index (χ3v) is 7.06. The van der Waals surface area contributed by atoms with Gasteiger partial charge in [-0.25, -0.2) is 18.5 Å². The molecule has 8 nitrogen and oxygen atoms in total. The molecule has 1 saturated carbocycles. The molecule has 1 aromatic rings. The minimum atomic E-state index is -3.99. The zero-order valence-corrected chi connectivity index (χ0v) is 18.4. The summed E-state index contributed by atoms with van der Waals surface area (Å²) in [5.74, 6) is 0.210. The van der Waals surface area contributed by atoms with Crippen molar-refractivity contribution in [3.63, 3.8) is 0 Å². The lowest BCUT2D eigenvalue weighted by Crippen LogP contribution is -2.30. The lowest BCUT2D eigenvalue weighted by molar-refractivity contribution is 0.0245. The normalized spacial score (nSPS) is 24.7. The molecule has 162 valence electrons. The van der Waals surface area contributed by atoms with Gasteiger partial charge in [-0.05, 0) is 37.1 Å². The van der Waals surface area contributed by atoms with Gasteiger partial charge in [0.15, 0.2) is 0 Å². The molecular formula is C21H28N4O4S. The number of methoxy groups -OCH3 is 2. The van der Waals surface area contributed by atoms with Crippen molar-refractivity contribution in [2.75, 3.05) is 34.4 Å². The summed E-state index contributed by atoms with van der Waals surface area (Å²) in [5.41, 5.74) is 4.84. The molecule has 0 amide bonds. The number of aromatic nitrogens is 1. The van der Waals surface area contributed by atoms with Gasteiger partial charge in [0, 0.05) is 56.4 Å². The van der Waals surface area contributed by atoms with Crippen LogP contribution in [0.1, 0.15) is 42.9 Å². The van der Waals surface area contributed by atoms with Crippen LogP contribution in [-0.4, -0.2) is 64.5 Å². The number of sulfonamides is 1. The third kappa shape index (κ3) is 4.07. The van der Waals surface area contributed by atoms with E-state index in [-0.39, 0.29) is 22.8 Å². The Bertz CT molecular complexity index is 1040. The summed E-state index contributed by atoms with van der Waals surface area (Å²) in [6.45, 7) is 1.84. The SMILES string of the molecule is COc1nc(C2CC(OC)C2)c(C2=CN=C3CCN(C)CC=C3C2)cc1S(N)(=O)=O. The molecule has 0 radical (unpaired) electrons. The van der Waals surface area contributed by atoms with Crippen LogP contribution in [0.4, 0.5) is 0 Å². The molecule has 3 heterocycles.